The summed E-state index contributed by atoms with van der Waals surface area (Å²) in [4.78, 5) is 51.5. The first-order valence-electron chi connectivity index (χ1n) is 15.2. The van der Waals surface area contributed by atoms with Crippen LogP contribution in [0.25, 0.3) is 11.1 Å². The molecule has 2 atom stereocenters. The average molecular weight is 661 g/mol. The van der Waals surface area contributed by atoms with E-state index in [1.54, 1.807) is 20.8 Å². The summed E-state index contributed by atoms with van der Waals surface area (Å²) in [7, 11) is 0. The Labute approximate surface area is 279 Å². The average Bonchev–Trinajstić information content (AvgIpc) is 3.37. The van der Waals surface area contributed by atoms with Crippen LogP contribution in [-0.4, -0.2) is 66.5 Å². The summed E-state index contributed by atoms with van der Waals surface area (Å²) in [5, 5.41) is 5.16. The van der Waals surface area contributed by atoms with Crippen molar-refractivity contribution in [3.63, 3.8) is 0 Å². The molecule has 0 aliphatic heterocycles. The maximum absolute atomic E-state index is 13.0. The van der Waals surface area contributed by atoms with E-state index in [0.29, 0.717) is 0 Å². The molecule has 2 N–H and O–H groups in total. The molecule has 0 fully saturated rings. The molecule has 3 aromatic carbocycles. The van der Waals surface area contributed by atoms with Gasteiger partial charge in [0, 0.05) is 17.4 Å². The molecular weight excluding hydrogens is 620 g/mol. The van der Waals surface area contributed by atoms with Crippen molar-refractivity contribution in [2.75, 3.05) is 24.7 Å². The summed E-state index contributed by atoms with van der Waals surface area (Å²) in [6.07, 6.45) is -0.170. The van der Waals surface area contributed by atoms with Crippen molar-refractivity contribution in [2.45, 2.75) is 51.0 Å². The molecule has 4 rings (SSSR count). The second kappa shape index (κ2) is 16.7. The predicted molar refractivity (Wildman–Crippen MR) is 180 cm³/mol. The Morgan fingerprint density at radius 1 is 0.766 bits per heavy atom. The summed E-state index contributed by atoms with van der Waals surface area (Å²) < 4.78 is 21.6. The maximum atomic E-state index is 13.0. The van der Waals surface area contributed by atoms with E-state index in [4.69, 9.17) is 18.9 Å². The van der Waals surface area contributed by atoms with Gasteiger partial charge in [0.25, 0.3) is 0 Å². The first kappa shape index (κ1) is 35.1. The Kier molecular flexibility index (Phi) is 12.5. The largest absolute Gasteiger partial charge is 0.460 e. The van der Waals surface area contributed by atoms with Gasteiger partial charge in [-0.1, -0.05) is 91.5 Å². The van der Waals surface area contributed by atoms with Gasteiger partial charge in [-0.2, -0.15) is 11.8 Å². The van der Waals surface area contributed by atoms with E-state index in [1.807, 2.05) is 78.9 Å². The van der Waals surface area contributed by atoms with Crippen molar-refractivity contribution in [3.8, 4) is 11.1 Å². The van der Waals surface area contributed by atoms with Gasteiger partial charge in [0.1, 0.15) is 37.5 Å². The van der Waals surface area contributed by atoms with Crippen molar-refractivity contribution in [1.29, 1.82) is 0 Å². The smallest absolute Gasteiger partial charge is 0.408 e. The van der Waals surface area contributed by atoms with E-state index in [1.165, 1.54) is 6.08 Å². The van der Waals surface area contributed by atoms with E-state index in [2.05, 4.69) is 17.2 Å². The summed E-state index contributed by atoms with van der Waals surface area (Å²) in [5.74, 6) is -1.50. The fourth-order valence-corrected chi connectivity index (χ4v) is 5.99. The molecule has 2 amide bonds. The highest BCUT2D eigenvalue weighted by molar-refractivity contribution is 7.99. The number of hydrogen-bond donors (Lipinski definition) is 2. The number of esters is 2. The molecule has 11 heteroatoms. The number of nitrogens with one attached hydrogen (secondary N) is 2. The van der Waals surface area contributed by atoms with Gasteiger partial charge in [-0.15, -0.1) is 0 Å². The third-order valence-electron chi connectivity index (χ3n) is 7.03. The maximum Gasteiger partial charge on any atom is 0.408 e. The molecule has 0 unspecified atom stereocenters. The van der Waals surface area contributed by atoms with Crippen molar-refractivity contribution < 1.29 is 38.1 Å². The molecule has 0 saturated carbocycles. The Bertz CT molecular complexity index is 1510. The minimum absolute atomic E-state index is 0.0106. The Morgan fingerprint density at radius 3 is 1.87 bits per heavy atom. The molecule has 248 valence electrons. The van der Waals surface area contributed by atoms with Crippen LogP contribution in [0.5, 0.6) is 0 Å². The first-order chi connectivity index (χ1) is 22.6. The van der Waals surface area contributed by atoms with Gasteiger partial charge in [0.2, 0.25) is 0 Å². The Morgan fingerprint density at radius 2 is 1.30 bits per heavy atom. The predicted octanol–water partition coefficient (Wildman–Crippen LogP) is 5.99. The van der Waals surface area contributed by atoms with Crippen LogP contribution in [0.2, 0.25) is 0 Å². The number of thioether (sulfide) groups is 1. The van der Waals surface area contributed by atoms with Gasteiger partial charge in [0.15, 0.2) is 0 Å². The zero-order valence-electron chi connectivity index (χ0n) is 26.7. The molecule has 0 bridgehead atoms. The summed E-state index contributed by atoms with van der Waals surface area (Å²) in [6.45, 7) is 8.70. The topological polar surface area (TPSA) is 129 Å². The minimum atomic E-state index is -1.11. The highest BCUT2D eigenvalue weighted by atomic mass is 32.2. The van der Waals surface area contributed by atoms with Crippen LogP contribution >= 0.6 is 11.8 Å². The standard InChI is InChI=1S/C36H40N2O8S/c1-5-19-43-32(39)30(37-34(41)45-21-29-27-17-11-9-15-25(27)26-16-10-12-18-28(26)29)22-47-23-31(38-35(42)46-36(2,3)4)33(40)44-20-24-13-7-6-8-14-24/h5-18,29-31H,1,19-23H2,2-4H3,(H,37,41)(H,38,42)/t30-,31+/m0/s1. The van der Waals surface area contributed by atoms with Crippen molar-refractivity contribution in [3.05, 3.63) is 108 Å². The zero-order chi connectivity index (χ0) is 33.8. The molecule has 0 radical (unpaired) electrons. The van der Waals surface area contributed by atoms with Crippen molar-refractivity contribution in [1.82, 2.24) is 10.6 Å². The molecule has 1 aliphatic rings. The number of carbonyl (C=O) groups excluding carboxylic acids is 4. The number of rotatable bonds is 14. The third-order valence-corrected chi connectivity index (χ3v) is 8.17. The number of carbonyl (C=O) groups is 4. The Balaban J connectivity index is 1.38. The second-order valence-electron chi connectivity index (χ2n) is 11.8. The normalized spacial score (nSPS) is 13.3. The van der Waals surface area contributed by atoms with E-state index >= 15 is 0 Å². The number of fused-ring (bicyclic) bond motifs is 3. The molecule has 1 aliphatic carbocycles. The SMILES string of the molecule is C=CCOC(=O)[C@H](CSC[C@@H](NC(=O)OC(C)(C)C)C(=O)OCc1ccccc1)NC(=O)OCC1c2ccccc2-c2ccccc21. The Hall–Kier alpha value is -4.77. The number of alkyl carbamates (subject to hydrolysis) is 2. The molecule has 10 nitrogen and oxygen atoms in total. The first-order valence-corrected chi connectivity index (χ1v) is 16.4. The molecule has 0 saturated heterocycles. The third kappa shape index (κ3) is 10.4. The lowest BCUT2D eigenvalue weighted by Gasteiger charge is -2.23. The monoisotopic (exact) mass is 660 g/mol. The molecule has 3 aromatic rings. The lowest BCUT2D eigenvalue weighted by atomic mass is 9.98. The summed E-state index contributed by atoms with van der Waals surface area (Å²) in [5.41, 5.74) is 4.29. The lowest BCUT2D eigenvalue weighted by molar-refractivity contribution is -0.147. The highest BCUT2D eigenvalue weighted by Crippen LogP contribution is 2.44. The van der Waals surface area contributed by atoms with E-state index < -0.39 is 41.8 Å². The number of amides is 2. The minimum Gasteiger partial charge on any atom is -0.460 e. The number of ether oxygens (including phenoxy) is 4. The van der Waals surface area contributed by atoms with Crippen LogP contribution in [-0.2, 0) is 35.1 Å². The molecule has 47 heavy (non-hydrogen) atoms. The quantitative estimate of drug-likeness (QED) is 0.122. The summed E-state index contributed by atoms with van der Waals surface area (Å²) in [6, 6.07) is 22.9. The fraction of sp³-hybridized carbons (Fsp3) is 0.333. The van der Waals surface area contributed by atoms with Gasteiger partial charge in [-0.05, 0) is 48.6 Å². The van der Waals surface area contributed by atoms with Crippen LogP contribution in [0.3, 0.4) is 0 Å². The van der Waals surface area contributed by atoms with E-state index in [-0.39, 0.29) is 37.2 Å². The van der Waals surface area contributed by atoms with Crippen LogP contribution in [0.4, 0.5) is 9.59 Å². The summed E-state index contributed by atoms with van der Waals surface area (Å²) >= 11 is 1.14. The van der Waals surface area contributed by atoms with Gasteiger partial charge >= 0.3 is 24.1 Å². The second-order valence-corrected chi connectivity index (χ2v) is 12.8. The molecule has 0 heterocycles. The number of benzene rings is 3. The van der Waals surface area contributed by atoms with Crippen LogP contribution in [0, 0.1) is 0 Å². The van der Waals surface area contributed by atoms with Gasteiger partial charge < -0.3 is 29.6 Å². The van der Waals surface area contributed by atoms with Crippen LogP contribution in [0.1, 0.15) is 43.4 Å². The van der Waals surface area contributed by atoms with E-state index in [0.717, 1.165) is 39.6 Å². The van der Waals surface area contributed by atoms with Crippen molar-refractivity contribution >= 4 is 35.9 Å². The zero-order valence-corrected chi connectivity index (χ0v) is 27.5. The number of hydrogen-bond acceptors (Lipinski definition) is 9. The lowest BCUT2D eigenvalue weighted by Crippen LogP contribution is -2.47. The highest BCUT2D eigenvalue weighted by Gasteiger charge is 2.31. The van der Waals surface area contributed by atoms with Gasteiger partial charge in [0.05, 0.1) is 0 Å². The molecule has 0 spiro atoms. The van der Waals surface area contributed by atoms with Crippen LogP contribution in [0.15, 0.2) is 91.5 Å². The van der Waals surface area contributed by atoms with E-state index in [9.17, 15) is 19.2 Å². The molecule has 0 aromatic heterocycles. The van der Waals surface area contributed by atoms with Gasteiger partial charge in [-0.25, -0.2) is 19.2 Å². The van der Waals surface area contributed by atoms with Gasteiger partial charge in [-0.3, -0.25) is 0 Å². The fourth-order valence-electron chi connectivity index (χ4n) is 4.94. The molecular formula is C36H40N2O8S. The van der Waals surface area contributed by atoms with Crippen molar-refractivity contribution in [2.24, 2.45) is 0 Å². The van der Waals surface area contributed by atoms with Crippen LogP contribution < -0.4 is 10.6 Å².